The van der Waals surface area contributed by atoms with Gasteiger partial charge in [-0.3, -0.25) is 0 Å². The lowest BCUT2D eigenvalue weighted by Gasteiger charge is -2.15. The molecule has 4 nitrogen and oxygen atoms in total. The topological polar surface area (TPSA) is 39.9 Å². The van der Waals surface area contributed by atoms with Crippen molar-refractivity contribution in [3.8, 4) is 11.4 Å². The predicted octanol–water partition coefficient (Wildman–Crippen LogP) is 6.47. The Labute approximate surface area is 190 Å². The first-order valence-corrected chi connectivity index (χ1v) is 10.9. The third-order valence-corrected chi connectivity index (χ3v) is 5.86. The summed E-state index contributed by atoms with van der Waals surface area (Å²) in [6.45, 7) is 0.784. The smallest absolute Gasteiger partial charge is 0.330 e. The molecule has 0 saturated heterocycles. The second-order valence-electron chi connectivity index (χ2n) is 6.79. The van der Waals surface area contributed by atoms with Crippen LogP contribution in [-0.2, 0) is 23.6 Å². The number of hydrogen-bond donors (Lipinski definition) is 0. The van der Waals surface area contributed by atoms with Crippen molar-refractivity contribution in [2.75, 3.05) is 6.61 Å². The summed E-state index contributed by atoms with van der Waals surface area (Å²) in [5.74, 6) is -3.82. The Morgan fingerprint density at radius 1 is 1.16 bits per heavy atom. The number of rotatable bonds is 10. The first kappa shape index (κ1) is 24.5. The highest BCUT2D eigenvalue weighted by molar-refractivity contribution is 7.98. The predicted molar refractivity (Wildman–Crippen MR) is 113 cm³/mol. The zero-order valence-corrected chi connectivity index (χ0v) is 18.4. The summed E-state index contributed by atoms with van der Waals surface area (Å²) in [5.41, 5.74) is 1.54. The molecular formula is C21H19ClF5N3OS. The van der Waals surface area contributed by atoms with Crippen molar-refractivity contribution in [3.05, 3.63) is 64.4 Å². The van der Waals surface area contributed by atoms with E-state index in [-0.39, 0.29) is 12.4 Å². The highest BCUT2D eigenvalue weighted by atomic mass is 35.5. The molecule has 1 heterocycles. The standard InChI is InChI=1S/C21H19ClF5N3OS/c1-2-30-18(28-29-20(30)32-11-15-16(22)7-4-8-17(15)23)14-6-3-5-13(9-14)10-31-12-21(26,27)19(24)25/h3-9,19H,2,10-12H2,1H3. The lowest BCUT2D eigenvalue weighted by atomic mass is 10.1. The zero-order chi connectivity index (χ0) is 23.3. The second kappa shape index (κ2) is 10.6. The van der Waals surface area contributed by atoms with Crippen LogP contribution < -0.4 is 0 Å². The molecule has 0 aliphatic carbocycles. The lowest BCUT2D eigenvalue weighted by Crippen LogP contribution is -2.32. The van der Waals surface area contributed by atoms with E-state index >= 15 is 0 Å². The highest BCUT2D eigenvalue weighted by Crippen LogP contribution is 2.30. The van der Waals surface area contributed by atoms with Gasteiger partial charge in [0.05, 0.1) is 6.61 Å². The van der Waals surface area contributed by atoms with Crippen LogP contribution in [0.2, 0.25) is 5.02 Å². The summed E-state index contributed by atoms with van der Waals surface area (Å²) in [7, 11) is 0. The van der Waals surface area contributed by atoms with E-state index in [4.69, 9.17) is 16.3 Å². The Morgan fingerprint density at radius 3 is 2.59 bits per heavy atom. The fourth-order valence-corrected chi connectivity index (χ4v) is 4.22. The number of nitrogens with zero attached hydrogens (tertiary/aromatic N) is 3. The van der Waals surface area contributed by atoms with E-state index < -0.39 is 24.8 Å². The van der Waals surface area contributed by atoms with Gasteiger partial charge in [0.15, 0.2) is 11.0 Å². The van der Waals surface area contributed by atoms with Gasteiger partial charge in [-0.1, -0.05) is 47.6 Å². The Morgan fingerprint density at radius 2 is 1.91 bits per heavy atom. The molecule has 11 heteroatoms. The maximum Gasteiger partial charge on any atom is 0.330 e. The largest absolute Gasteiger partial charge is 0.370 e. The van der Waals surface area contributed by atoms with E-state index in [0.29, 0.717) is 39.2 Å². The molecular weight excluding hydrogens is 473 g/mol. The second-order valence-corrected chi connectivity index (χ2v) is 8.14. The summed E-state index contributed by atoms with van der Waals surface area (Å²) in [6, 6.07) is 11.2. The fourth-order valence-electron chi connectivity index (χ4n) is 2.87. The van der Waals surface area contributed by atoms with E-state index in [1.165, 1.54) is 23.9 Å². The Bertz CT molecular complexity index is 1040. The Hall–Kier alpha value is -2.17. The number of halogens is 6. The van der Waals surface area contributed by atoms with Crippen molar-refractivity contribution >= 4 is 23.4 Å². The van der Waals surface area contributed by atoms with Gasteiger partial charge < -0.3 is 9.30 Å². The number of benzene rings is 2. The number of aromatic nitrogens is 3. The minimum atomic E-state index is -4.20. The normalized spacial score (nSPS) is 12.0. The molecule has 0 atom stereocenters. The molecule has 0 radical (unpaired) electrons. The molecule has 3 rings (SSSR count). The van der Waals surface area contributed by atoms with Gasteiger partial charge in [0.25, 0.3) is 0 Å². The maximum absolute atomic E-state index is 14.0. The summed E-state index contributed by atoms with van der Waals surface area (Å²) < 4.78 is 71.1. The van der Waals surface area contributed by atoms with Crippen LogP contribution in [0.25, 0.3) is 11.4 Å². The molecule has 0 saturated carbocycles. The quantitative estimate of drug-likeness (QED) is 0.241. The summed E-state index contributed by atoms with van der Waals surface area (Å²) in [4.78, 5) is 0. The Kier molecular flexibility index (Phi) is 8.13. The molecule has 32 heavy (non-hydrogen) atoms. The van der Waals surface area contributed by atoms with Crippen LogP contribution >= 0.6 is 23.4 Å². The third kappa shape index (κ3) is 5.79. The lowest BCUT2D eigenvalue weighted by molar-refractivity contribution is -0.168. The van der Waals surface area contributed by atoms with Crippen molar-refractivity contribution in [2.45, 2.75) is 43.3 Å². The molecule has 0 unspecified atom stereocenters. The van der Waals surface area contributed by atoms with Gasteiger partial charge in [-0.2, -0.15) is 8.78 Å². The summed E-state index contributed by atoms with van der Waals surface area (Å²) in [6.07, 6.45) is -3.79. The molecule has 172 valence electrons. The SMILES string of the molecule is CCn1c(SCc2c(F)cccc2Cl)nnc1-c1cccc(COCC(F)(F)C(F)F)c1. The first-order valence-electron chi connectivity index (χ1n) is 9.54. The number of thioether (sulfide) groups is 1. The van der Waals surface area contributed by atoms with Crippen molar-refractivity contribution in [1.82, 2.24) is 14.8 Å². The zero-order valence-electron chi connectivity index (χ0n) is 16.9. The van der Waals surface area contributed by atoms with E-state index in [1.54, 1.807) is 30.3 Å². The van der Waals surface area contributed by atoms with Gasteiger partial charge >= 0.3 is 12.3 Å². The van der Waals surface area contributed by atoms with Crippen LogP contribution in [-0.4, -0.2) is 33.7 Å². The summed E-state index contributed by atoms with van der Waals surface area (Å²) >= 11 is 7.36. The highest BCUT2D eigenvalue weighted by Gasteiger charge is 2.40. The van der Waals surface area contributed by atoms with Crippen molar-refractivity contribution < 1.29 is 26.7 Å². The minimum Gasteiger partial charge on any atom is -0.370 e. The van der Waals surface area contributed by atoms with Gasteiger partial charge in [-0.05, 0) is 30.7 Å². The Balaban J connectivity index is 1.73. The number of ether oxygens (including phenoxy) is 1. The monoisotopic (exact) mass is 491 g/mol. The number of hydrogen-bond acceptors (Lipinski definition) is 4. The van der Waals surface area contributed by atoms with E-state index in [9.17, 15) is 22.0 Å². The van der Waals surface area contributed by atoms with Gasteiger partial charge in [-0.15, -0.1) is 10.2 Å². The molecule has 0 spiro atoms. The molecule has 1 aromatic heterocycles. The van der Waals surface area contributed by atoms with Crippen LogP contribution in [0.5, 0.6) is 0 Å². The van der Waals surface area contributed by atoms with Gasteiger partial charge in [0.2, 0.25) is 0 Å². The van der Waals surface area contributed by atoms with Crippen molar-refractivity contribution in [3.63, 3.8) is 0 Å². The molecule has 0 fully saturated rings. The van der Waals surface area contributed by atoms with Crippen molar-refractivity contribution in [1.29, 1.82) is 0 Å². The van der Waals surface area contributed by atoms with Crippen LogP contribution in [0.15, 0.2) is 47.6 Å². The van der Waals surface area contributed by atoms with Gasteiger partial charge in [0.1, 0.15) is 12.4 Å². The molecule has 0 aliphatic heterocycles. The average molecular weight is 492 g/mol. The maximum atomic E-state index is 14.0. The average Bonchev–Trinajstić information content (AvgIpc) is 3.16. The van der Waals surface area contributed by atoms with E-state index in [1.807, 2.05) is 11.5 Å². The van der Waals surface area contributed by atoms with Crippen LogP contribution in [0, 0.1) is 5.82 Å². The minimum absolute atomic E-state index is 0.260. The fraction of sp³-hybridized carbons (Fsp3) is 0.333. The first-order chi connectivity index (χ1) is 15.2. The molecule has 0 aliphatic rings. The molecule has 0 amide bonds. The molecule has 2 aromatic carbocycles. The van der Waals surface area contributed by atoms with Crippen molar-refractivity contribution in [2.24, 2.45) is 0 Å². The number of alkyl halides is 4. The molecule has 3 aromatic rings. The van der Waals surface area contributed by atoms with Crippen LogP contribution in [0.1, 0.15) is 18.1 Å². The van der Waals surface area contributed by atoms with Crippen LogP contribution in [0.4, 0.5) is 22.0 Å². The molecule has 0 N–H and O–H groups in total. The third-order valence-electron chi connectivity index (χ3n) is 4.51. The molecule has 0 bridgehead atoms. The van der Waals surface area contributed by atoms with Gasteiger partial charge in [-0.25, -0.2) is 13.2 Å². The van der Waals surface area contributed by atoms with E-state index in [2.05, 4.69) is 10.2 Å². The van der Waals surface area contributed by atoms with Crippen LogP contribution in [0.3, 0.4) is 0 Å². The summed E-state index contributed by atoms with van der Waals surface area (Å²) in [5, 5.41) is 9.26. The van der Waals surface area contributed by atoms with Gasteiger partial charge in [0, 0.05) is 28.4 Å². The van der Waals surface area contributed by atoms with E-state index in [0.717, 1.165) is 0 Å².